The maximum Gasteiger partial charge on any atom is 0.320 e. The molecule has 1 aliphatic rings. The van der Waals surface area contributed by atoms with Crippen LogP contribution in [0.3, 0.4) is 0 Å². The second kappa shape index (κ2) is 7.24. The summed E-state index contributed by atoms with van der Waals surface area (Å²) in [6.45, 7) is 4.51. The van der Waals surface area contributed by atoms with Crippen LogP contribution in [0.4, 0.5) is 0 Å². The highest BCUT2D eigenvalue weighted by molar-refractivity contribution is 5.81. The minimum Gasteiger partial charge on any atom is -0.465 e. The zero-order valence-electron chi connectivity index (χ0n) is 10.3. The third-order valence-corrected chi connectivity index (χ3v) is 2.78. The first-order chi connectivity index (χ1) is 8.15. The Hall–Kier alpha value is -1.14. The average Bonchev–Trinajstić information content (AvgIpc) is 2.29. The van der Waals surface area contributed by atoms with E-state index in [-0.39, 0.29) is 12.5 Å². The SMILES string of the molecule is CCCCOC(=O)CN1CCNCC1C(N)=O. The first kappa shape index (κ1) is 13.9. The number of nitrogens with two attached hydrogens (primary N) is 1. The van der Waals surface area contributed by atoms with Crippen molar-refractivity contribution in [2.75, 3.05) is 32.8 Å². The molecule has 1 fully saturated rings. The number of hydrogen-bond acceptors (Lipinski definition) is 5. The topological polar surface area (TPSA) is 84.7 Å². The summed E-state index contributed by atoms with van der Waals surface area (Å²) in [6.07, 6.45) is 1.86. The molecule has 1 saturated heterocycles. The van der Waals surface area contributed by atoms with Gasteiger partial charge in [-0.25, -0.2) is 0 Å². The van der Waals surface area contributed by atoms with Gasteiger partial charge in [-0.1, -0.05) is 13.3 Å². The predicted molar refractivity (Wildman–Crippen MR) is 63.3 cm³/mol. The Morgan fingerprint density at radius 1 is 1.53 bits per heavy atom. The lowest BCUT2D eigenvalue weighted by Crippen LogP contribution is -2.58. The van der Waals surface area contributed by atoms with Crippen LogP contribution in [0.15, 0.2) is 0 Å². The molecular weight excluding hydrogens is 222 g/mol. The van der Waals surface area contributed by atoms with Crippen LogP contribution in [0.2, 0.25) is 0 Å². The fourth-order valence-electron chi connectivity index (χ4n) is 1.76. The Kier molecular flexibility index (Phi) is 5.93. The predicted octanol–water partition coefficient (Wildman–Crippen LogP) is -0.911. The summed E-state index contributed by atoms with van der Waals surface area (Å²) in [5.41, 5.74) is 5.28. The smallest absolute Gasteiger partial charge is 0.320 e. The van der Waals surface area contributed by atoms with Crippen molar-refractivity contribution in [2.45, 2.75) is 25.8 Å². The fraction of sp³-hybridized carbons (Fsp3) is 0.818. The fourth-order valence-corrected chi connectivity index (χ4v) is 1.76. The maximum absolute atomic E-state index is 11.5. The lowest BCUT2D eigenvalue weighted by atomic mass is 10.2. The van der Waals surface area contributed by atoms with E-state index in [9.17, 15) is 9.59 Å². The molecule has 1 atom stereocenters. The van der Waals surface area contributed by atoms with Gasteiger partial charge in [-0.05, 0) is 6.42 Å². The first-order valence-corrected chi connectivity index (χ1v) is 6.05. The number of ether oxygens (including phenoxy) is 1. The summed E-state index contributed by atoms with van der Waals surface area (Å²) in [7, 11) is 0. The highest BCUT2D eigenvalue weighted by Crippen LogP contribution is 2.03. The standard InChI is InChI=1S/C11H21N3O3/c1-2-3-6-17-10(15)8-14-5-4-13-7-9(14)11(12)16/h9,13H,2-8H2,1H3,(H2,12,16). The highest BCUT2D eigenvalue weighted by Gasteiger charge is 2.28. The zero-order valence-corrected chi connectivity index (χ0v) is 10.3. The molecular formula is C11H21N3O3. The monoisotopic (exact) mass is 243 g/mol. The molecule has 1 amide bonds. The molecule has 0 bridgehead atoms. The molecule has 0 aromatic heterocycles. The molecule has 98 valence electrons. The molecule has 0 saturated carbocycles. The van der Waals surface area contributed by atoms with Crippen LogP contribution in [0.1, 0.15) is 19.8 Å². The van der Waals surface area contributed by atoms with Gasteiger partial charge in [-0.15, -0.1) is 0 Å². The molecule has 1 unspecified atom stereocenters. The summed E-state index contributed by atoms with van der Waals surface area (Å²) in [4.78, 5) is 24.5. The molecule has 1 aliphatic heterocycles. The normalized spacial score (nSPS) is 21.1. The number of esters is 1. The van der Waals surface area contributed by atoms with E-state index >= 15 is 0 Å². The third-order valence-electron chi connectivity index (χ3n) is 2.78. The number of carbonyl (C=O) groups is 2. The quantitative estimate of drug-likeness (QED) is 0.466. The van der Waals surface area contributed by atoms with Gasteiger partial charge in [0.25, 0.3) is 0 Å². The van der Waals surface area contributed by atoms with Gasteiger partial charge in [-0.2, -0.15) is 0 Å². The van der Waals surface area contributed by atoms with Gasteiger partial charge in [0.05, 0.1) is 13.2 Å². The van der Waals surface area contributed by atoms with Crippen molar-refractivity contribution >= 4 is 11.9 Å². The van der Waals surface area contributed by atoms with Gasteiger partial charge in [0.2, 0.25) is 5.91 Å². The summed E-state index contributed by atoms with van der Waals surface area (Å²) < 4.78 is 5.06. The van der Waals surface area contributed by atoms with Crippen LogP contribution in [0, 0.1) is 0 Å². The van der Waals surface area contributed by atoms with Crippen molar-refractivity contribution in [2.24, 2.45) is 5.73 Å². The van der Waals surface area contributed by atoms with Crippen molar-refractivity contribution in [3.05, 3.63) is 0 Å². The number of amides is 1. The van der Waals surface area contributed by atoms with Gasteiger partial charge >= 0.3 is 5.97 Å². The van der Waals surface area contributed by atoms with Crippen molar-refractivity contribution in [3.63, 3.8) is 0 Å². The lowest BCUT2D eigenvalue weighted by molar-refractivity contribution is -0.146. The third kappa shape index (κ3) is 4.70. The van der Waals surface area contributed by atoms with E-state index in [0.717, 1.165) is 19.4 Å². The molecule has 0 aliphatic carbocycles. The van der Waals surface area contributed by atoms with Gasteiger partial charge in [0.1, 0.15) is 6.04 Å². The Bertz CT molecular complexity index is 271. The first-order valence-electron chi connectivity index (χ1n) is 6.05. The molecule has 1 heterocycles. The van der Waals surface area contributed by atoms with Crippen LogP contribution >= 0.6 is 0 Å². The van der Waals surface area contributed by atoms with Gasteiger partial charge < -0.3 is 15.8 Å². The molecule has 6 heteroatoms. The van der Waals surface area contributed by atoms with E-state index in [2.05, 4.69) is 5.32 Å². The van der Waals surface area contributed by atoms with E-state index in [1.165, 1.54) is 0 Å². The summed E-state index contributed by atoms with van der Waals surface area (Å²) in [6, 6.07) is -0.414. The number of unbranched alkanes of at least 4 members (excludes halogenated alkanes) is 1. The van der Waals surface area contributed by atoms with Crippen molar-refractivity contribution in [3.8, 4) is 0 Å². The number of hydrogen-bond donors (Lipinski definition) is 2. The minimum atomic E-state index is -0.414. The zero-order chi connectivity index (χ0) is 12.7. The van der Waals surface area contributed by atoms with E-state index in [0.29, 0.717) is 19.7 Å². The number of carbonyl (C=O) groups excluding carboxylic acids is 2. The van der Waals surface area contributed by atoms with Crippen molar-refractivity contribution in [1.29, 1.82) is 0 Å². The number of piperazine rings is 1. The Morgan fingerprint density at radius 3 is 2.94 bits per heavy atom. The highest BCUT2D eigenvalue weighted by atomic mass is 16.5. The van der Waals surface area contributed by atoms with E-state index in [1.54, 1.807) is 4.90 Å². The molecule has 0 aromatic rings. The molecule has 1 rings (SSSR count). The molecule has 3 N–H and O–H groups in total. The van der Waals surface area contributed by atoms with Crippen LogP contribution in [0.5, 0.6) is 0 Å². The second-order valence-corrected chi connectivity index (χ2v) is 4.17. The van der Waals surface area contributed by atoms with E-state index < -0.39 is 11.9 Å². The van der Waals surface area contributed by atoms with E-state index in [4.69, 9.17) is 10.5 Å². The second-order valence-electron chi connectivity index (χ2n) is 4.17. The molecule has 0 spiro atoms. The number of rotatable bonds is 6. The number of nitrogens with one attached hydrogen (secondary N) is 1. The van der Waals surface area contributed by atoms with Crippen LogP contribution in [0.25, 0.3) is 0 Å². The number of nitrogens with zero attached hydrogens (tertiary/aromatic N) is 1. The largest absolute Gasteiger partial charge is 0.465 e. The Labute approximate surface area is 101 Å². The maximum atomic E-state index is 11.5. The summed E-state index contributed by atoms with van der Waals surface area (Å²) >= 11 is 0. The minimum absolute atomic E-state index is 0.138. The molecule has 17 heavy (non-hydrogen) atoms. The Morgan fingerprint density at radius 2 is 2.29 bits per heavy atom. The van der Waals surface area contributed by atoms with Gasteiger partial charge in [0, 0.05) is 19.6 Å². The average molecular weight is 243 g/mol. The Balaban J connectivity index is 2.36. The van der Waals surface area contributed by atoms with Crippen LogP contribution in [-0.2, 0) is 14.3 Å². The number of primary amides is 1. The lowest BCUT2D eigenvalue weighted by Gasteiger charge is -2.33. The molecule has 0 aromatic carbocycles. The van der Waals surface area contributed by atoms with Crippen LogP contribution in [-0.4, -0.2) is 55.6 Å². The summed E-state index contributed by atoms with van der Waals surface area (Å²) in [5, 5.41) is 3.08. The van der Waals surface area contributed by atoms with Gasteiger partial charge in [0.15, 0.2) is 0 Å². The van der Waals surface area contributed by atoms with Crippen LogP contribution < -0.4 is 11.1 Å². The summed E-state index contributed by atoms with van der Waals surface area (Å²) in [5.74, 6) is -0.690. The molecule has 6 nitrogen and oxygen atoms in total. The van der Waals surface area contributed by atoms with E-state index in [1.807, 2.05) is 6.92 Å². The van der Waals surface area contributed by atoms with Crippen molar-refractivity contribution in [1.82, 2.24) is 10.2 Å². The van der Waals surface area contributed by atoms with Crippen molar-refractivity contribution < 1.29 is 14.3 Å². The molecule has 0 radical (unpaired) electrons. The van der Waals surface area contributed by atoms with Gasteiger partial charge in [-0.3, -0.25) is 14.5 Å².